The van der Waals surface area contributed by atoms with Gasteiger partial charge in [-0.2, -0.15) is 0 Å². The van der Waals surface area contributed by atoms with Gasteiger partial charge in [-0.05, 0) is 84.2 Å². The second-order valence-corrected chi connectivity index (χ2v) is 6.11. The number of anilines is 1. The molecule has 0 aliphatic heterocycles. The van der Waals surface area contributed by atoms with Crippen LogP contribution in [0.1, 0.15) is 5.56 Å². The molecule has 0 aliphatic rings. The van der Waals surface area contributed by atoms with Crippen molar-refractivity contribution < 1.29 is 0 Å². The summed E-state index contributed by atoms with van der Waals surface area (Å²) in [5.41, 5.74) is 3.18. The van der Waals surface area contributed by atoms with Crippen molar-refractivity contribution in [3.8, 4) is 5.69 Å². The van der Waals surface area contributed by atoms with Crippen LogP contribution in [0.4, 0.5) is 5.69 Å². The van der Waals surface area contributed by atoms with Crippen LogP contribution in [0.3, 0.4) is 0 Å². The number of nitrogens with zero attached hydrogens (tertiary/aromatic N) is 4. The Morgan fingerprint density at radius 2 is 1.81 bits per heavy atom. The highest BCUT2D eigenvalue weighted by Crippen LogP contribution is 2.24. The lowest BCUT2D eigenvalue weighted by molar-refractivity contribution is 0.789. The van der Waals surface area contributed by atoms with E-state index in [1.165, 1.54) is 5.56 Å². The van der Waals surface area contributed by atoms with Crippen LogP contribution < -0.4 is 5.32 Å². The van der Waals surface area contributed by atoms with E-state index in [0.717, 1.165) is 26.9 Å². The second-order valence-electron chi connectivity index (χ2n) is 4.40. The predicted molar refractivity (Wildman–Crippen MR) is 88.3 cm³/mol. The van der Waals surface area contributed by atoms with Crippen molar-refractivity contribution in [1.29, 1.82) is 0 Å². The van der Waals surface area contributed by atoms with E-state index >= 15 is 0 Å². The first-order valence-corrected chi connectivity index (χ1v) is 7.82. The number of hydrogen-bond donors (Lipinski definition) is 1. The summed E-state index contributed by atoms with van der Waals surface area (Å²) in [6.07, 6.45) is 1.57. The molecular weight excluding hydrogens is 398 g/mol. The van der Waals surface area contributed by atoms with E-state index in [2.05, 4.69) is 64.8 Å². The third-order valence-corrected chi connectivity index (χ3v) is 4.84. The molecule has 21 heavy (non-hydrogen) atoms. The van der Waals surface area contributed by atoms with E-state index in [1.807, 2.05) is 30.3 Å². The molecule has 0 fully saturated rings. The Morgan fingerprint density at radius 3 is 2.48 bits per heavy atom. The smallest absolute Gasteiger partial charge is 0.143 e. The number of hydrogen-bond acceptors (Lipinski definition) is 4. The molecule has 0 radical (unpaired) electrons. The fraction of sp³-hybridized carbons (Fsp3) is 0.0714. The molecule has 5 nitrogen and oxygen atoms in total. The molecule has 0 bridgehead atoms. The minimum atomic E-state index is 0.760. The zero-order valence-corrected chi connectivity index (χ0v) is 14.0. The van der Waals surface area contributed by atoms with Gasteiger partial charge in [0.1, 0.15) is 6.33 Å². The van der Waals surface area contributed by atoms with Gasteiger partial charge in [0.25, 0.3) is 0 Å². The van der Waals surface area contributed by atoms with Gasteiger partial charge in [0, 0.05) is 21.2 Å². The fourth-order valence-electron chi connectivity index (χ4n) is 1.87. The van der Waals surface area contributed by atoms with E-state index < -0.39 is 0 Å². The number of rotatable bonds is 4. The largest absolute Gasteiger partial charge is 0.381 e. The normalized spacial score (nSPS) is 10.6. The molecular formula is C14H11Br2N5. The Hall–Kier alpha value is -1.73. The van der Waals surface area contributed by atoms with Crippen LogP contribution in [-0.2, 0) is 6.54 Å². The Balaban J connectivity index is 1.66. The van der Waals surface area contributed by atoms with Crippen molar-refractivity contribution >= 4 is 37.5 Å². The lowest BCUT2D eigenvalue weighted by Crippen LogP contribution is -2.00. The zero-order chi connectivity index (χ0) is 14.7. The van der Waals surface area contributed by atoms with Gasteiger partial charge in [0.15, 0.2) is 0 Å². The number of tetrazole rings is 1. The van der Waals surface area contributed by atoms with Crippen LogP contribution >= 0.6 is 31.9 Å². The van der Waals surface area contributed by atoms with Gasteiger partial charge < -0.3 is 5.32 Å². The quantitative estimate of drug-likeness (QED) is 0.713. The molecule has 1 N–H and O–H groups in total. The molecule has 106 valence electrons. The molecule has 0 saturated heterocycles. The van der Waals surface area contributed by atoms with Crippen LogP contribution in [0, 0.1) is 0 Å². The number of benzene rings is 2. The van der Waals surface area contributed by atoms with Gasteiger partial charge >= 0.3 is 0 Å². The molecule has 1 heterocycles. The molecule has 0 aliphatic carbocycles. The first-order chi connectivity index (χ1) is 10.2. The summed E-state index contributed by atoms with van der Waals surface area (Å²) in [6.45, 7) is 0.760. The second kappa shape index (κ2) is 6.36. The lowest BCUT2D eigenvalue weighted by atomic mass is 10.2. The molecule has 2 aromatic carbocycles. The molecule has 0 amide bonds. The third kappa shape index (κ3) is 3.48. The lowest BCUT2D eigenvalue weighted by Gasteiger charge is -2.08. The van der Waals surface area contributed by atoms with Gasteiger partial charge in [-0.15, -0.1) is 5.10 Å². The topological polar surface area (TPSA) is 55.6 Å². The average Bonchev–Trinajstić information content (AvgIpc) is 3.03. The minimum Gasteiger partial charge on any atom is -0.381 e. The molecule has 0 spiro atoms. The molecule has 0 unspecified atom stereocenters. The predicted octanol–water partition coefficient (Wildman–Crippen LogP) is 3.80. The Bertz CT molecular complexity index is 726. The highest BCUT2D eigenvalue weighted by molar-refractivity contribution is 9.13. The number of nitrogens with one attached hydrogen (secondary N) is 1. The number of halogens is 2. The molecule has 3 rings (SSSR count). The van der Waals surface area contributed by atoms with Gasteiger partial charge in [0.05, 0.1) is 5.69 Å². The zero-order valence-electron chi connectivity index (χ0n) is 10.9. The standard InChI is InChI=1S/C14H11Br2N5/c15-13-6-1-10(7-14(13)16)8-17-11-2-4-12(5-3-11)21-9-18-19-20-21/h1-7,9,17H,8H2. The van der Waals surface area contributed by atoms with Gasteiger partial charge in [-0.25, -0.2) is 4.68 Å². The highest BCUT2D eigenvalue weighted by Gasteiger charge is 2.00. The maximum Gasteiger partial charge on any atom is 0.143 e. The minimum absolute atomic E-state index is 0.760. The Morgan fingerprint density at radius 1 is 1.00 bits per heavy atom. The summed E-state index contributed by atoms with van der Waals surface area (Å²) >= 11 is 6.97. The summed E-state index contributed by atoms with van der Waals surface area (Å²) in [5.74, 6) is 0. The van der Waals surface area contributed by atoms with Crippen LogP contribution in [0.25, 0.3) is 5.69 Å². The summed E-state index contributed by atoms with van der Waals surface area (Å²) < 4.78 is 3.73. The summed E-state index contributed by atoms with van der Waals surface area (Å²) in [4.78, 5) is 0. The summed E-state index contributed by atoms with van der Waals surface area (Å²) in [6, 6.07) is 14.1. The van der Waals surface area contributed by atoms with Crippen molar-refractivity contribution in [2.75, 3.05) is 5.32 Å². The Labute approximate surface area is 138 Å². The molecule has 3 aromatic rings. The molecule has 0 atom stereocenters. The highest BCUT2D eigenvalue weighted by atomic mass is 79.9. The monoisotopic (exact) mass is 407 g/mol. The van der Waals surface area contributed by atoms with Crippen LogP contribution in [-0.4, -0.2) is 20.2 Å². The van der Waals surface area contributed by atoms with Crippen LogP contribution in [0.2, 0.25) is 0 Å². The van der Waals surface area contributed by atoms with Crippen molar-refractivity contribution in [3.05, 3.63) is 63.3 Å². The van der Waals surface area contributed by atoms with Crippen molar-refractivity contribution in [3.63, 3.8) is 0 Å². The van der Waals surface area contributed by atoms with E-state index in [-0.39, 0.29) is 0 Å². The summed E-state index contributed by atoms with van der Waals surface area (Å²) in [7, 11) is 0. The maximum absolute atomic E-state index is 3.85. The Kier molecular flexibility index (Phi) is 4.31. The first kappa shape index (κ1) is 14.2. The molecule has 0 saturated carbocycles. The van der Waals surface area contributed by atoms with E-state index in [0.29, 0.717) is 0 Å². The van der Waals surface area contributed by atoms with Crippen molar-refractivity contribution in [2.45, 2.75) is 6.54 Å². The van der Waals surface area contributed by atoms with Crippen molar-refractivity contribution in [1.82, 2.24) is 20.2 Å². The van der Waals surface area contributed by atoms with Crippen LogP contribution in [0.5, 0.6) is 0 Å². The number of aromatic nitrogens is 4. The fourth-order valence-corrected chi connectivity index (χ4v) is 2.54. The van der Waals surface area contributed by atoms with E-state index in [1.54, 1.807) is 11.0 Å². The van der Waals surface area contributed by atoms with Gasteiger partial charge in [-0.3, -0.25) is 0 Å². The van der Waals surface area contributed by atoms with Crippen molar-refractivity contribution in [2.24, 2.45) is 0 Å². The van der Waals surface area contributed by atoms with Gasteiger partial charge in [-0.1, -0.05) is 6.07 Å². The molecule has 1 aromatic heterocycles. The van der Waals surface area contributed by atoms with E-state index in [9.17, 15) is 0 Å². The van der Waals surface area contributed by atoms with E-state index in [4.69, 9.17) is 0 Å². The SMILES string of the molecule is Brc1ccc(CNc2ccc(-n3cnnn3)cc2)cc1Br. The van der Waals surface area contributed by atoms with Crippen LogP contribution in [0.15, 0.2) is 57.7 Å². The molecule has 7 heteroatoms. The first-order valence-electron chi connectivity index (χ1n) is 6.23. The summed E-state index contributed by atoms with van der Waals surface area (Å²) in [5, 5.41) is 14.5. The average molecular weight is 409 g/mol. The third-order valence-electron chi connectivity index (χ3n) is 2.96. The maximum atomic E-state index is 3.85. The van der Waals surface area contributed by atoms with Gasteiger partial charge in [0.2, 0.25) is 0 Å².